The van der Waals surface area contributed by atoms with Gasteiger partial charge in [-0.3, -0.25) is 9.59 Å². The minimum atomic E-state index is 0.0931. The van der Waals surface area contributed by atoms with Gasteiger partial charge in [0.1, 0.15) is 0 Å². The molecule has 158 valence electrons. The summed E-state index contributed by atoms with van der Waals surface area (Å²) in [5.74, 6) is 1.75. The van der Waals surface area contributed by atoms with Crippen LogP contribution >= 0.6 is 0 Å². The van der Waals surface area contributed by atoms with Gasteiger partial charge in [-0.25, -0.2) is 0 Å². The number of carbonyl (C=O) groups excluding carboxylic acids is 2. The maximum atomic E-state index is 13.0. The fourth-order valence-corrected chi connectivity index (χ4v) is 5.34. The number of amides is 2. The zero-order valence-corrected chi connectivity index (χ0v) is 17.5. The molecule has 0 bridgehead atoms. The lowest BCUT2D eigenvalue weighted by atomic mass is 9.95. The van der Waals surface area contributed by atoms with Crippen LogP contribution in [-0.2, 0) is 9.59 Å². The Balaban J connectivity index is 1.21. The smallest absolute Gasteiger partial charge is 0.225 e. The van der Waals surface area contributed by atoms with E-state index in [9.17, 15) is 9.59 Å². The van der Waals surface area contributed by atoms with Crippen molar-refractivity contribution in [1.29, 1.82) is 0 Å². The van der Waals surface area contributed by atoms with E-state index < -0.39 is 0 Å². The summed E-state index contributed by atoms with van der Waals surface area (Å²) < 4.78 is 0. The van der Waals surface area contributed by atoms with E-state index >= 15 is 0 Å². The molecule has 6 heteroatoms. The van der Waals surface area contributed by atoms with Crippen molar-refractivity contribution in [3.63, 3.8) is 0 Å². The van der Waals surface area contributed by atoms with Crippen molar-refractivity contribution in [2.75, 3.05) is 45.8 Å². The quantitative estimate of drug-likeness (QED) is 0.820. The van der Waals surface area contributed by atoms with Gasteiger partial charge < -0.3 is 20.4 Å². The van der Waals surface area contributed by atoms with Crippen LogP contribution in [0.25, 0.3) is 0 Å². The maximum absolute atomic E-state index is 13.0. The van der Waals surface area contributed by atoms with Crippen molar-refractivity contribution >= 4 is 11.8 Å². The lowest BCUT2D eigenvalue weighted by Crippen LogP contribution is -2.44. The lowest BCUT2D eigenvalue weighted by molar-refractivity contribution is -0.139. The van der Waals surface area contributed by atoms with Crippen molar-refractivity contribution in [2.45, 2.75) is 32.2 Å². The second-order valence-corrected chi connectivity index (χ2v) is 9.11. The third-order valence-corrected chi connectivity index (χ3v) is 7.15. The number of fused-ring (bicyclic) bond motifs is 1. The fourth-order valence-electron chi connectivity index (χ4n) is 5.34. The molecular formula is C23H34N4O2. The van der Waals surface area contributed by atoms with Crippen LogP contribution in [0.1, 0.15) is 37.8 Å². The number of nitrogens with two attached hydrogens (primary N) is 1. The molecule has 2 unspecified atom stereocenters. The van der Waals surface area contributed by atoms with Gasteiger partial charge in [-0.1, -0.05) is 30.3 Å². The molecule has 3 heterocycles. The van der Waals surface area contributed by atoms with Crippen molar-refractivity contribution in [3.05, 3.63) is 35.9 Å². The molecule has 0 radical (unpaired) electrons. The average Bonchev–Trinajstić information content (AvgIpc) is 3.31. The second-order valence-electron chi connectivity index (χ2n) is 9.11. The number of nitrogens with zero attached hydrogens (tertiary/aromatic N) is 3. The van der Waals surface area contributed by atoms with Crippen LogP contribution in [0.5, 0.6) is 0 Å². The van der Waals surface area contributed by atoms with Crippen molar-refractivity contribution in [3.8, 4) is 0 Å². The molecule has 0 aromatic heterocycles. The van der Waals surface area contributed by atoms with Gasteiger partial charge in [0.25, 0.3) is 0 Å². The number of hydrogen-bond acceptors (Lipinski definition) is 4. The van der Waals surface area contributed by atoms with Gasteiger partial charge in [0.2, 0.25) is 11.8 Å². The normalized spacial score (nSPS) is 26.6. The van der Waals surface area contributed by atoms with Gasteiger partial charge in [-0.15, -0.1) is 0 Å². The lowest BCUT2D eigenvalue weighted by Gasteiger charge is -2.33. The number of piperidine rings is 1. The largest absolute Gasteiger partial charge is 0.343 e. The standard InChI is InChI=1S/C23H34N4O2/c1-17(28)26-11-7-19(8-12-26)23(29)27-15-20-13-25(14-21(20)16-27)10-9-22(24)18-5-3-2-4-6-18/h2-6,19-22H,7-16,24H2,1H3/t20?,21?,22-/m0/s1. The zero-order chi connectivity index (χ0) is 20.4. The van der Waals surface area contributed by atoms with Crippen LogP contribution in [0.15, 0.2) is 30.3 Å². The van der Waals surface area contributed by atoms with Crippen LogP contribution in [0, 0.1) is 17.8 Å². The zero-order valence-electron chi connectivity index (χ0n) is 17.5. The van der Waals surface area contributed by atoms with Gasteiger partial charge in [-0.05, 0) is 43.2 Å². The molecule has 1 aromatic carbocycles. The van der Waals surface area contributed by atoms with E-state index in [0.29, 0.717) is 17.7 Å². The van der Waals surface area contributed by atoms with Crippen LogP contribution in [0.2, 0.25) is 0 Å². The van der Waals surface area contributed by atoms with Gasteiger partial charge in [-0.2, -0.15) is 0 Å². The molecule has 29 heavy (non-hydrogen) atoms. The van der Waals surface area contributed by atoms with E-state index in [1.807, 2.05) is 23.1 Å². The van der Waals surface area contributed by atoms with Gasteiger partial charge in [0, 0.05) is 58.2 Å². The molecule has 6 nitrogen and oxygen atoms in total. The SMILES string of the molecule is CC(=O)N1CCC(C(=O)N2CC3CN(CC[C@H](N)c4ccccc4)CC3C2)CC1. The molecule has 4 rings (SSSR count). The van der Waals surface area contributed by atoms with E-state index in [1.165, 1.54) is 5.56 Å². The summed E-state index contributed by atoms with van der Waals surface area (Å²) in [5.41, 5.74) is 7.57. The average molecular weight is 399 g/mol. The van der Waals surface area contributed by atoms with Crippen molar-refractivity contribution < 1.29 is 9.59 Å². The van der Waals surface area contributed by atoms with E-state index in [0.717, 1.165) is 65.1 Å². The first kappa shape index (κ1) is 20.4. The first-order valence-electron chi connectivity index (χ1n) is 11.1. The molecule has 0 spiro atoms. The Morgan fingerprint density at radius 1 is 1.00 bits per heavy atom. The Kier molecular flexibility index (Phi) is 6.20. The van der Waals surface area contributed by atoms with Gasteiger partial charge >= 0.3 is 0 Å². The molecule has 3 fully saturated rings. The predicted molar refractivity (Wildman–Crippen MR) is 113 cm³/mol. The van der Waals surface area contributed by atoms with Crippen LogP contribution in [0.4, 0.5) is 0 Å². The highest BCUT2D eigenvalue weighted by Gasteiger charge is 2.43. The summed E-state index contributed by atoms with van der Waals surface area (Å²) in [6.45, 7) is 8.05. The summed E-state index contributed by atoms with van der Waals surface area (Å²) in [4.78, 5) is 30.9. The van der Waals surface area contributed by atoms with E-state index in [4.69, 9.17) is 5.73 Å². The van der Waals surface area contributed by atoms with E-state index in [2.05, 4.69) is 21.9 Å². The van der Waals surface area contributed by atoms with Crippen molar-refractivity contribution in [2.24, 2.45) is 23.5 Å². The molecule has 0 saturated carbocycles. The van der Waals surface area contributed by atoms with Crippen molar-refractivity contribution in [1.82, 2.24) is 14.7 Å². The minimum Gasteiger partial charge on any atom is -0.343 e. The Morgan fingerprint density at radius 2 is 1.62 bits per heavy atom. The molecule has 1 aromatic rings. The molecule has 0 aliphatic carbocycles. The highest BCUT2D eigenvalue weighted by atomic mass is 16.2. The van der Waals surface area contributed by atoms with Crippen LogP contribution in [-0.4, -0.2) is 72.3 Å². The second kappa shape index (κ2) is 8.84. The van der Waals surface area contributed by atoms with Crippen LogP contribution in [0.3, 0.4) is 0 Å². The van der Waals surface area contributed by atoms with Gasteiger partial charge in [0.05, 0.1) is 0 Å². The van der Waals surface area contributed by atoms with Gasteiger partial charge in [0.15, 0.2) is 0 Å². The molecule has 3 aliphatic heterocycles. The summed E-state index contributed by atoms with van der Waals surface area (Å²) in [5, 5.41) is 0. The maximum Gasteiger partial charge on any atom is 0.225 e. The highest BCUT2D eigenvalue weighted by molar-refractivity contribution is 5.80. The first-order valence-corrected chi connectivity index (χ1v) is 11.1. The molecular weight excluding hydrogens is 364 g/mol. The molecule has 2 N–H and O–H groups in total. The molecule has 3 aliphatic rings. The Labute approximate surface area is 174 Å². The third kappa shape index (κ3) is 4.64. The molecule has 3 atom stereocenters. The number of rotatable bonds is 5. The number of benzene rings is 1. The number of hydrogen-bond donors (Lipinski definition) is 1. The Morgan fingerprint density at radius 3 is 2.21 bits per heavy atom. The third-order valence-electron chi connectivity index (χ3n) is 7.15. The topological polar surface area (TPSA) is 69.9 Å². The highest BCUT2D eigenvalue weighted by Crippen LogP contribution is 2.33. The Bertz CT molecular complexity index is 703. The molecule has 3 saturated heterocycles. The number of carbonyl (C=O) groups is 2. The summed E-state index contributed by atoms with van der Waals surface area (Å²) in [7, 11) is 0. The first-order chi connectivity index (χ1) is 14.0. The molecule has 2 amide bonds. The Hall–Kier alpha value is -1.92. The number of likely N-dealkylation sites (tertiary alicyclic amines) is 3. The summed E-state index contributed by atoms with van der Waals surface area (Å²) in [6, 6.07) is 10.4. The fraction of sp³-hybridized carbons (Fsp3) is 0.652. The van der Waals surface area contributed by atoms with E-state index in [1.54, 1.807) is 6.92 Å². The monoisotopic (exact) mass is 398 g/mol. The summed E-state index contributed by atoms with van der Waals surface area (Å²) in [6.07, 6.45) is 2.60. The predicted octanol–water partition coefficient (Wildman–Crippen LogP) is 1.73. The van der Waals surface area contributed by atoms with E-state index in [-0.39, 0.29) is 17.9 Å². The van der Waals surface area contributed by atoms with Crippen LogP contribution < -0.4 is 5.73 Å². The summed E-state index contributed by atoms with van der Waals surface area (Å²) >= 11 is 0. The minimum absolute atomic E-state index is 0.0931.